The van der Waals surface area contributed by atoms with Crippen LogP contribution < -0.4 is 0 Å². The second-order valence-corrected chi connectivity index (χ2v) is 4.66. The van der Waals surface area contributed by atoms with Gasteiger partial charge in [-0.25, -0.2) is 13.8 Å². The van der Waals surface area contributed by atoms with Crippen molar-refractivity contribution in [3.05, 3.63) is 40.4 Å². The maximum atomic E-state index is 13.6. The molecule has 6 heteroatoms. The molecule has 0 saturated heterocycles. The molecule has 0 atom stereocenters. The highest BCUT2D eigenvalue weighted by Gasteiger charge is 2.18. The first-order valence-electron chi connectivity index (χ1n) is 5.20. The van der Waals surface area contributed by atoms with Crippen LogP contribution in [0.2, 0.25) is 0 Å². The zero-order valence-electron chi connectivity index (χ0n) is 9.61. The van der Waals surface area contributed by atoms with Crippen molar-refractivity contribution in [1.29, 1.82) is 0 Å². The van der Waals surface area contributed by atoms with Crippen molar-refractivity contribution in [3.63, 3.8) is 0 Å². The molecule has 3 nitrogen and oxygen atoms in total. The van der Waals surface area contributed by atoms with E-state index in [2.05, 4.69) is 4.98 Å². The first kappa shape index (κ1) is 13.1. The van der Waals surface area contributed by atoms with Crippen molar-refractivity contribution in [2.45, 2.75) is 13.2 Å². The largest absolute Gasteiger partial charge is 0.391 e. The van der Waals surface area contributed by atoms with Crippen molar-refractivity contribution in [2.75, 3.05) is 7.11 Å². The maximum absolute atomic E-state index is 13.6. The van der Waals surface area contributed by atoms with Crippen LogP contribution >= 0.6 is 11.3 Å². The summed E-state index contributed by atoms with van der Waals surface area (Å²) >= 11 is 1.06. The van der Waals surface area contributed by atoms with Crippen LogP contribution in [-0.2, 0) is 18.0 Å². The molecule has 0 fully saturated rings. The van der Waals surface area contributed by atoms with E-state index in [1.165, 1.54) is 25.3 Å². The van der Waals surface area contributed by atoms with Gasteiger partial charge in [0.25, 0.3) is 0 Å². The molecular formula is C12H11F2NO2S. The Morgan fingerprint density at radius 2 is 2.00 bits per heavy atom. The fourth-order valence-corrected chi connectivity index (χ4v) is 2.54. The Bertz CT molecular complexity index is 537. The molecule has 0 aliphatic carbocycles. The minimum atomic E-state index is -0.669. The van der Waals surface area contributed by atoms with E-state index in [0.717, 1.165) is 11.3 Å². The molecule has 2 aromatic rings. The third-order valence-electron chi connectivity index (χ3n) is 2.38. The molecule has 1 aromatic carbocycles. The fraction of sp³-hybridized carbons (Fsp3) is 0.250. The zero-order valence-corrected chi connectivity index (χ0v) is 10.4. The summed E-state index contributed by atoms with van der Waals surface area (Å²) in [7, 11) is 1.49. The monoisotopic (exact) mass is 271 g/mol. The Morgan fingerprint density at radius 1 is 1.33 bits per heavy atom. The predicted octanol–water partition coefficient (Wildman–Crippen LogP) is 2.73. The van der Waals surface area contributed by atoms with Crippen LogP contribution in [0.3, 0.4) is 0 Å². The lowest BCUT2D eigenvalue weighted by atomic mass is 10.2. The number of aliphatic hydroxyl groups excluding tert-OH is 1. The molecule has 1 N–H and O–H groups in total. The summed E-state index contributed by atoms with van der Waals surface area (Å²) in [6.07, 6.45) is 0. The van der Waals surface area contributed by atoms with E-state index < -0.39 is 11.6 Å². The number of aliphatic hydroxyl groups is 1. The summed E-state index contributed by atoms with van der Waals surface area (Å²) in [5.41, 5.74) is 0.335. The van der Waals surface area contributed by atoms with Gasteiger partial charge in [0.15, 0.2) is 0 Å². The van der Waals surface area contributed by atoms with E-state index in [1.807, 2.05) is 0 Å². The number of nitrogens with zero attached hydrogens (tertiary/aromatic N) is 1. The minimum Gasteiger partial charge on any atom is -0.391 e. The molecular weight excluding hydrogens is 260 g/mol. The Morgan fingerprint density at radius 3 is 2.56 bits per heavy atom. The normalized spacial score (nSPS) is 10.9. The van der Waals surface area contributed by atoms with E-state index in [4.69, 9.17) is 4.74 Å². The van der Waals surface area contributed by atoms with Gasteiger partial charge in [-0.05, 0) is 12.1 Å². The third-order valence-corrected chi connectivity index (χ3v) is 3.48. The van der Waals surface area contributed by atoms with Crippen LogP contribution in [0.15, 0.2) is 18.2 Å². The van der Waals surface area contributed by atoms with E-state index in [9.17, 15) is 13.9 Å². The average molecular weight is 271 g/mol. The Labute approximate surface area is 107 Å². The number of halogens is 2. The number of methoxy groups -OCH3 is 1. The molecule has 0 aliphatic rings. The lowest BCUT2D eigenvalue weighted by Crippen LogP contribution is -1.93. The van der Waals surface area contributed by atoms with Crippen molar-refractivity contribution < 1.29 is 18.6 Å². The molecule has 0 amide bonds. The average Bonchev–Trinajstić information content (AvgIpc) is 2.72. The molecule has 96 valence electrons. The predicted molar refractivity (Wildman–Crippen MR) is 64.1 cm³/mol. The van der Waals surface area contributed by atoms with Gasteiger partial charge in [-0.15, -0.1) is 11.3 Å². The molecule has 0 unspecified atom stereocenters. The van der Waals surface area contributed by atoms with Crippen LogP contribution in [0.5, 0.6) is 0 Å². The molecule has 18 heavy (non-hydrogen) atoms. The number of aromatic nitrogens is 1. The van der Waals surface area contributed by atoms with E-state index in [1.54, 1.807) is 0 Å². The summed E-state index contributed by atoms with van der Waals surface area (Å²) in [6, 6.07) is 3.65. The summed E-state index contributed by atoms with van der Waals surface area (Å²) in [4.78, 5) is 4.67. The Kier molecular flexibility index (Phi) is 4.00. The van der Waals surface area contributed by atoms with Gasteiger partial charge in [-0.3, -0.25) is 0 Å². The molecule has 0 saturated carbocycles. The van der Waals surface area contributed by atoms with Crippen molar-refractivity contribution in [1.82, 2.24) is 4.98 Å². The Balaban J connectivity index is 2.51. The van der Waals surface area contributed by atoms with Crippen LogP contribution in [-0.4, -0.2) is 17.2 Å². The van der Waals surface area contributed by atoms with Crippen molar-refractivity contribution in [3.8, 4) is 10.6 Å². The summed E-state index contributed by atoms with van der Waals surface area (Å²) < 4.78 is 32.1. The summed E-state index contributed by atoms with van der Waals surface area (Å²) in [5.74, 6) is -1.34. The number of ether oxygens (including phenoxy) is 1. The first-order chi connectivity index (χ1) is 8.67. The molecule has 1 heterocycles. The number of rotatable bonds is 4. The second-order valence-electron chi connectivity index (χ2n) is 3.58. The van der Waals surface area contributed by atoms with E-state index in [0.29, 0.717) is 10.6 Å². The van der Waals surface area contributed by atoms with Crippen LogP contribution in [0.1, 0.15) is 10.6 Å². The fourth-order valence-electron chi connectivity index (χ4n) is 1.57. The molecule has 0 radical (unpaired) electrons. The standard InChI is InChI=1S/C12H11F2NO2S/c1-17-6-9-10(5-16)18-12(15-9)11-7(13)3-2-4-8(11)14/h2-4,16H,5-6H2,1H3. The molecule has 0 aliphatic heterocycles. The van der Waals surface area contributed by atoms with E-state index in [-0.39, 0.29) is 23.8 Å². The van der Waals surface area contributed by atoms with Crippen LogP contribution in [0, 0.1) is 11.6 Å². The summed E-state index contributed by atoms with van der Waals surface area (Å²) in [5, 5.41) is 9.38. The van der Waals surface area contributed by atoms with Gasteiger partial charge in [0.05, 0.1) is 29.3 Å². The highest BCUT2D eigenvalue weighted by molar-refractivity contribution is 7.15. The van der Waals surface area contributed by atoms with Gasteiger partial charge in [0.1, 0.15) is 16.6 Å². The van der Waals surface area contributed by atoms with Gasteiger partial charge in [0, 0.05) is 7.11 Å². The molecule has 0 spiro atoms. The van der Waals surface area contributed by atoms with Crippen LogP contribution in [0.25, 0.3) is 10.6 Å². The third kappa shape index (κ3) is 2.40. The lowest BCUT2D eigenvalue weighted by Gasteiger charge is -2.00. The van der Waals surface area contributed by atoms with Crippen molar-refractivity contribution in [2.24, 2.45) is 0 Å². The SMILES string of the molecule is COCc1nc(-c2c(F)cccc2F)sc1CO. The van der Waals surface area contributed by atoms with Gasteiger partial charge >= 0.3 is 0 Å². The first-order valence-corrected chi connectivity index (χ1v) is 6.01. The number of hydrogen-bond donors (Lipinski definition) is 1. The topological polar surface area (TPSA) is 42.4 Å². The van der Waals surface area contributed by atoms with E-state index >= 15 is 0 Å². The van der Waals surface area contributed by atoms with Crippen LogP contribution in [0.4, 0.5) is 8.78 Å². The maximum Gasteiger partial charge on any atom is 0.136 e. The quantitative estimate of drug-likeness (QED) is 0.929. The second kappa shape index (κ2) is 5.51. The van der Waals surface area contributed by atoms with Gasteiger partial charge in [-0.1, -0.05) is 6.07 Å². The summed E-state index contributed by atoms with van der Waals surface area (Å²) in [6.45, 7) is -0.0328. The number of benzene rings is 1. The van der Waals surface area contributed by atoms with Gasteiger partial charge in [0.2, 0.25) is 0 Å². The van der Waals surface area contributed by atoms with Crippen molar-refractivity contribution >= 4 is 11.3 Å². The molecule has 2 rings (SSSR count). The van der Waals surface area contributed by atoms with Gasteiger partial charge < -0.3 is 9.84 Å². The highest BCUT2D eigenvalue weighted by atomic mass is 32.1. The smallest absolute Gasteiger partial charge is 0.136 e. The lowest BCUT2D eigenvalue weighted by molar-refractivity contribution is 0.179. The van der Waals surface area contributed by atoms with Gasteiger partial charge in [-0.2, -0.15) is 0 Å². The number of thiazole rings is 1. The minimum absolute atomic E-state index is 0.167. The molecule has 0 bridgehead atoms. The highest BCUT2D eigenvalue weighted by Crippen LogP contribution is 2.32. The zero-order chi connectivity index (χ0) is 13.1. The number of hydrogen-bond acceptors (Lipinski definition) is 4. The molecule has 1 aromatic heterocycles. The Hall–Kier alpha value is -1.37.